The summed E-state index contributed by atoms with van der Waals surface area (Å²) < 4.78 is 38.2. The molecule has 1 aromatic rings. The molecule has 0 radical (unpaired) electrons. The van der Waals surface area contributed by atoms with Crippen LogP contribution in [0.5, 0.6) is 0 Å². The molecule has 0 saturated carbocycles. The second kappa shape index (κ2) is 5.37. The minimum Gasteiger partial charge on any atom is -0.324 e. The first-order valence-electron chi connectivity index (χ1n) is 4.60. The van der Waals surface area contributed by atoms with Crippen molar-refractivity contribution < 1.29 is 18.0 Å². The number of hydrogen-bond acceptors (Lipinski definition) is 2. The Kier molecular flexibility index (Phi) is 4.12. The third kappa shape index (κ3) is 3.23. The lowest BCUT2D eigenvalue weighted by molar-refractivity contribution is -0.117. The van der Waals surface area contributed by atoms with Gasteiger partial charge in [-0.2, -0.15) is 0 Å². The van der Waals surface area contributed by atoms with Crippen LogP contribution >= 0.6 is 0 Å². The Balaban J connectivity index is 2.83. The normalized spacial score (nSPS) is 11.7. The predicted octanol–water partition coefficient (Wildman–Crippen LogP) is 1.39. The molecule has 0 spiro atoms. The van der Waals surface area contributed by atoms with Gasteiger partial charge in [0.2, 0.25) is 5.91 Å². The fraction of sp³-hybridized carbons (Fsp3) is 0.182. The molecule has 1 aromatic carbocycles. The van der Waals surface area contributed by atoms with Gasteiger partial charge in [-0.15, -0.1) is 12.3 Å². The third-order valence-electron chi connectivity index (χ3n) is 1.93. The highest BCUT2D eigenvalue weighted by molar-refractivity contribution is 5.94. The molecule has 3 nitrogen and oxygen atoms in total. The first kappa shape index (κ1) is 13.1. The molecule has 0 aliphatic heterocycles. The van der Waals surface area contributed by atoms with E-state index in [1.165, 1.54) is 0 Å². The molecular formula is C11H9F3N2O. The average molecular weight is 242 g/mol. The van der Waals surface area contributed by atoms with Crippen molar-refractivity contribution in [1.82, 2.24) is 0 Å². The van der Waals surface area contributed by atoms with Crippen molar-refractivity contribution in [3.8, 4) is 12.3 Å². The zero-order chi connectivity index (χ0) is 13.0. The molecular weight excluding hydrogens is 233 g/mol. The van der Waals surface area contributed by atoms with Crippen molar-refractivity contribution in [3.05, 3.63) is 29.6 Å². The number of rotatable bonds is 3. The average Bonchev–Trinajstić information content (AvgIpc) is 2.26. The maximum absolute atomic E-state index is 12.8. The van der Waals surface area contributed by atoms with Crippen molar-refractivity contribution in [1.29, 1.82) is 0 Å². The number of nitrogens with one attached hydrogen (secondary N) is 1. The van der Waals surface area contributed by atoms with Crippen LogP contribution in [0.4, 0.5) is 18.9 Å². The summed E-state index contributed by atoms with van der Waals surface area (Å²) in [6.07, 6.45) is 4.93. The zero-order valence-corrected chi connectivity index (χ0v) is 8.64. The van der Waals surface area contributed by atoms with Crippen LogP contribution in [0.25, 0.3) is 0 Å². The first-order chi connectivity index (χ1) is 7.95. The number of hydrogen-bond donors (Lipinski definition) is 2. The van der Waals surface area contributed by atoms with Gasteiger partial charge in [-0.3, -0.25) is 4.79 Å². The summed E-state index contributed by atoms with van der Waals surface area (Å²) in [7, 11) is 0. The van der Waals surface area contributed by atoms with E-state index in [1.54, 1.807) is 0 Å². The second-order valence-electron chi connectivity index (χ2n) is 3.26. The van der Waals surface area contributed by atoms with Crippen LogP contribution in [-0.4, -0.2) is 11.9 Å². The van der Waals surface area contributed by atoms with Crippen molar-refractivity contribution in [2.24, 2.45) is 5.73 Å². The topological polar surface area (TPSA) is 55.1 Å². The van der Waals surface area contributed by atoms with E-state index in [4.69, 9.17) is 12.2 Å². The monoisotopic (exact) mass is 242 g/mol. The van der Waals surface area contributed by atoms with E-state index in [-0.39, 0.29) is 12.1 Å². The van der Waals surface area contributed by atoms with E-state index in [9.17, 15) is 18.0 Å². The molecule has 0 aliphatic rings. The van der Waals surface area contributed by atoms with Crippen LogP contribution in [0, 0.1) is 29.8 Å². The van der Waals surface area contributed by atoms with Crippen LogP contribution in [0.1, 0.15) is 6.42 Å². The Morgan fingerprint density at radius 2 is 1.94 bits per heavy atom. The Hall–Kier alpha value is -2.00. The van der Waals surface area contributed by atoms with Crippen molar-refractivity contribution in [2.75, 3.05) is 5.32 Å². The molecule has 0 saturated heterocycles. The Labute approximate surface area is 95.8 Å². The predicted molar refractivity (Wildman–Crippen MR) is 56.4 cm³/mol. The number of amides is 1. The van der Waals surface area contributed by atoms with Crippen LogP contribution in [0.3, 0.4) is 0 Å². The van der Waals surface area contributed by atoms with Gasteiger partial charge >= 0.3 is 0 Å². The largest absolute Gasteiger partial charge is 0.324 e. The third-order valence-corrected chi connectivity index (χ3v) is 1.93. The SMILES string of the molecule is C#CCC(N)C(=O)Nc1cc(F)c(F)c(F)c1. The summed E-state index contributed by atoms with van der Waals surface area (Å²) in [6.45, 7) is 0. The van der Waals surface area contributed by atoms with Crippen molar-refractivity contribution in [3.63, 3.8) is 0 Å². The van der Waals surface area contributed by atoms with Crippen molar-refractivity contribution in [2.45, 2.75) is 12.5 Å². The van der Waals surface area contributed by atoms with Gasteiger partial charge in [0.1, 0.15) is 0 Å². The van der Waals surface area contributed by atoms with E-state index < -0.39 is 29.4 Å². The lowest BCUT2D eigenvalue weighted by Gasteiger charge is -2.10. The highest BCUT2D eigenvalue weighted by Gasteiger charge is 2.15. The molecule has 1 amide bonds. The van der Waals surface area contributed by atoms with Gasteiger partial charge in [0.15, 0.2) is 17.5 Å². The molecule has 0 aromatic heterocycles. The standard InChI is InChI=1S/C11H9F3N2O/c1-2-3-9(15)11(17)16-6-4-7(12)10(14)8(13)5-6/h1,4-5,9H,3,15H2,(H,16,17). The molecule has 17 heavy (non-hydrogen) atoms. The number of nitrogens with two attached hydrogens (primary N) is 1. The lowest BCUT2D eigenvalue weighted by atomic mass is 10.2. The van der Waals surface area contributed by atoms with Gasteiger partial charge < -0.3 is 11.1 Å². The Morgan fingerprint density at radius 1 is 1.41 bits per heavy atom. The summed E-state index contributed by atoms with van der Waals surface area (Å²) in [4.78, 5) is 11.3. The Bertz CT molecular complexity index is 459. The summed E-state index contributed by atoms with van der Waals surface area (Å²) in [5.74, 6) is -2.92. The Morgan fingerprint density at radius 3 is 2.41 bits per heavy atom. The maximum atomic E-state index is 12.8. The van der Waals surface area contributed by atoms with Gasteiger partial charge in [0.05, 0.1) is 6.04 Å². The van der Waals surface area contributed by atoms with Gasteiger partial charge in [-0.05, 0) is 0 Å². The van der Waals surface area contributed by atoms with Gasteiger partial charge in [0, 0.05) is 24.2 Å². The minimum absolute atomic E-state index is 0.0159. The van der Waals surface area contributed by atoms with Gasteiger partial charge in [0.25, 0.3) is 0 Å². The van der Waals surface area contributed by atoms with E-state index in [1.807, 2.05) is 0 Å². The van der Waals surface area contributed by atoms with E-state index in [2.05, 4.69) is 11.2 Å². The quantitative estimate of drug-likeness (QED) is 0.621. The molecule has 1 unspecified atom stereocenters. The zero-order valence-electron chi connectivity index (χ0n) is 8.64. The molecule has 6 heteroatoms. The summed E-state index contributed by atoms with van der Waals surface area (Å²) in [5, 5.41) is 2.13. The van der Waals surface area contributed by atoms with E-state index >= 15 is 0 Å². The fourth-order valence-corrected chi connectivity index (χ4v) is 1.08. The van der Waals surface area contributed by atoms with Crippen molar-refractivity contribution >= 4 is 11.6 Å². The molecule has 0 fully saturated rings. The molecule has 1 rings (SSSR count). The number of carbonyl (C=O) groups excluding carboxylic acids is 1. The summed E-state index contributed by atoms with van der Waals surface area (Å²) in [5.41, 5.74) is 5.14. The number of anilines is 1. The maximum Gasteiger partial charge on any atom is 0.242 e. The number of halogens is 3. The second-order valence-corrected chi connectivity index (χ2v) is 3.26. The first-order valence-corrected chi connectivity index (χ1v) is 4.60. The smallest absolute Gasteiger partial charge is 0.242 e. The van der Waals surface area contributed by atoms with E-state index in [0.717, 1.165) is 0 Å². The fourth-order valence-electron chi connectivity index (χ4n) is 1.08. The van der Waals surface area contributed by atoms with Crippen LogP contribution in [0.15, 0.2) is 12.1 Å². The molecule has 1 atom stereocenters. The molecule has 0 bridgehead atoms. The molecule has 3 N–H and O–H groups in total. The number of terminal acetylenes is 1. The molecule has 90 valence electrons. The van der Waals surface area contributed by atoms with Gasteiger partial charge in [-0.25, -0.2) is 13.2 Å². The number of benzene rings is 1. The lowest BCUT2D eigenvalue weighted by Crippen LogP contribution is -2.35. The minimum atomic E-state index is -1.60. The molecule has 0 aliphatic carbocycles. The highest BCUT2D eigenvalue weighted by atomic mass is 19.2. The highest BCUT2D eigenvalue weighted by Crippen LogP contribution is 2.17. The van der Waals surface area contributed by atoms with E-state index in [0.29, 0.717) is 12.1 Å². The van der Waals surface area contributed by atoms with Gasteiger partial charge in [-0.1, -0.05) is 0 Å². The number of carbonyl (C=O) groups is 1. The van der Waals surface area contributed by atoms with Crippen LogP contribution in [0.2, 0.25) is 0 Å². The van der Waals surface area contributed by atoms with Crippen LogP contribution < -0.4 is 11.1 Å². The summed E-state index contributed by atoms with van der Waals surface area (Å²) >= 11 is 0. The molecule has 0 heterocycles. The van der Waals surface area contributed by atoms with Crippen LogP contribution in [-0.2, 0) is 4.79 Å². The summed E-state index contributed by atoms with van der Waals surface area (Å²) in [6, 6.07) is 0.314.